The second-order valence-corrected chi connectivity index (χ2v) is 4.61. The van der Waals surface area contributed by atoms with Crippen LogP contribution in [0.5, 0.6) is 0 Å². The fourth-order valence-electron chi connectivity index (χ4n) is 1.50. The maximum absolute atomic E-state index is 12.9. The number of hydrogen-bond acceptors (Lipinski definition) is 3. The molecule has 1 heterocycles. The van der Waals surface area contributed by atoms with Gasteiger partial charge in [0.25, 0.3) is 0 Å². The van der Waals surface area contributed by atoms with E-state index in [2.05, 4.69) is 5.32 Å². The molecule has 0 saturated heterocycles. The van der Waals surface area contributed by atoms with Crippen molar-refractivity contribution in [3.63, 3.8) is 0 Å². The first-order valence-corrected chi connectivity index (χ1v) is 5.86. The SMILES string of the molecule is Cc1cc(F)ccc1NCc1sccc1N. The highest BCUT2D eigenvalue weighted by molar-refractivity contribution is 7.10. The van der Waals surface area contributed by atoms with Crippen molar-refractivity contribution in [1.82, 2.24) is 0 Å². The van der Waals surface area contributed by atoms with Crippen molar-refractivity contribution >= 4 is 22.7 Å². The van der Waals surface area contributed by atoms with Gasteiger partial charge in [-0.2, -0.15) is 0 Å². The number of nitrogen functional groups attached to an aromatic ring is 1. The Morgan fingerprint density at radius 3 is 2.81 bits per heavy atom. The molecule has 16 heavy (non-hydrogen) atoms. The number of nitrogens with two attached hydrogens (primary N) is 1. The third kappa shape index (κ3) is 2.33. The molecule has 0 fully saturated rings. The largest absolute Gasteiger partial charge is 0.398 e. The van der Waals surface area contributed by atoms with Gasteiger partial charge in [-0.25, -0.2) is 4.39 Å². The summed E-state index contributed by atoms with van der Waals surface area (Å²) in [5.74, 6) is -0.210. The van der Waals surface area contributed by atoms with Crippen LogP contribution in [0.1, 0.15) is 10.4 Å². The van der Waals surface area contributed by atoms with Crippen LogP contribution < -0.4 is 11.1 Å². The summed E-state index contributed by atoms with van der Waals surface area (Å²) in [6, 6.07) is 6.60. The molecule has 0 bridgehead atoms. The van der Waals surface area contributed by atoms with E-state index in [0.29, 0.717) is 6.54 Å². The number of hydrogen-bond donors (Lipinski definition) is 2. The summed E-state index contributed by atoms with van der Waals surface area (Å²) in [7, 11) is 0. The van der Waals surface area contributed by atoms with Gasteiger partial charge in [0, 0.05) is 16.3 Å². The monoisotopic (exact) mass is 236 g/mol. The molecular weight excluding hydrogens is 223 g/mol. The van der Waals surface area contributed by atoms with Crippen molar-refractivity contribution in [2.75, 3.05) is 11.1 Å². The van der Waals surface area contributed by atoms with Gasteiger partial charge in [0.2, 0.25) is 0 Å². The van der Waals surface area contributed by atoms with Gasteiger partial charge in [0.05, 0.1) is 6.54 Å². The Morgan fingerprint density at radius 2 is 2.19 bits per heavy atom. The van der Waals surface area contributed by atoms with Crippen LogP contribution in [-0.4, -0.2) is 0 Å². The molecule has 1 aromatic heterocycles. The summed E-state index contributed by atoms with van der Waals surface area (Å²) in [6.07, 6.45) is 0. The highest BCUT2D eigenvalue weighted by Gasteiger charge is 2.02. The summed E-state index contributed by atoms with van der Waals surface area (Å²) in [5.41, 5.74) is 8.42. The number of nitrogens with one attached hydrogen (secondary N) is 1. The van der Waals surface area contributed by atoms with E-state index in [1.165, 1.54) is 12.1 Å². The van der Waals surface area contributed by atoms with Crippen molar-refractivity contribution in [3.05, 3.63) is 45.9 Å². The predicted octanol–water partition coefficient (Wildman–Crippen LogP) is 3.39. The van der Waals surface area contributed by atoms with E-state index in [-0.39, 0.29) is 5.82 Å². The van der Waals surface area contributed by atoms with Gasteiger partial charge in [0.1, 0.15) is 5.82 Å². The van der Waals surface area contributed by atoms with Gasteiger partial charge in [-0.1, -0.05) is 0 Å². The Kier molecular flexibility index (Phi) is 3.10. The molecule has 0 aliphatic heterocycles. The van der Waals surface area contributed by atoms with Gasteiger partial charge in [-0.15, -0.1) is 11.3 Å². The van der Waals surface area contributed by atoms with E-state index in [4.69, 9.17) is 5.73 Å². The molecule has 2 aromatic rings. The molecule has 0 radical (unpaired) electrons. The average Bonchev–Trinajstić information content (AvgIpc) is 2.63. The molecule has 84 valence electrons. The molecule has 0 aliphatic rings. The van der Waals surface area contributed by atoms with Gasteiger partial charge in [0.15, 0.2) is 0 Å². The van der Waals surface area contributed by atoms with Crippen molar-refractivity contribution in [2.45, 2.75) is 13.5 Å². The molecule has 0 saturated carbocycles. The lowest BCUT2D eigenvalue weighted by Crippen LogP contribution is -2.01. The second kappa shape index (κ2) is 4.53. The fourth-order valence-corrected chi connectivity index (χ4v) is 2.23. The van der Waals surface area contributed by atoms with Crippen LogP contribution in [0.25, 0.3) is 0 Å². The smallest absolute Gasteiger partial charge is 0.123 e. The van der Waals surface area contributed by atoms with Crippen LogP contribution in [0.2, 0.25) is 0 Å². The summed E-state index contributed by atoms with van der Waals surface area (Å²) in [6.45, 7) is 2.55. The lowest BCUT2D eigenvalue weighted by molar-refractivity contribution is 0.627. The van der Waals surface area contributed by atoms with Crippen LogP contribution in [0, 0.1) is 12.7 Å². The zero-order chi connectivity index (χ0) is 11.5. The van der Waals surface area contributed by atoms with E-state index in [1.807, 2.05) is 18.4 Å². The number of aryl methyl sites for hydroxylation is 1. The van der Waals surface area contributed by atoms with Crippen LogP contribution in [-0.2, 0) is 6.54 Å². The molecule has 0 unspecified atom stereocenters. The molecule has 0 atom stereocenters. The van der Waals surface area contributed by atoms with Gasteiger partial charge in [-0.05, 0) is 42.1 Å². The first-order valence-electron chi connectivity index (χ1n) is 4.98. The maximum Gasteiger partial charge on any atom is 0.123 e. The molecule has 0 aliphatic carbocycles. The average molecular weight is 236 g/mol. The molecule has 0 spiro atoms. The second-order valence-electron chi connectivity index (χ2n) is 3.61. The van der Waals surface area contributed by atoms with E-state index < -0.39 is 0 Å². The van der Waals surface area contributed by atoms with Crippen LogP contribution >= 0.6 is 11.3 Å². The number of rotatable bonds is 3. The third-order valence-corrected chi connectivity index (χ3v) is 3.34. The molecular formula is C12H13FN2S. The Morgan fingerprint density at radius 1 is 1.38 bits per heavy atom. The standard InChI is InChI=1S/C12H13FN2S/c1-8-6-9(13)2-3-11(8)15-7-12-10(14)4-5-16-12/h2-6,15H,7,14H2,1H3. The first kappa shape index (κ1) is 11.0. The lowest BCUT2D eigenvalue weighted by Gasteiger charge is -2.08. The Bertz CT molecular complexity index is 494. The third-order valence-electron chi connectivity index (χ3n) is 2.41. The Hall–Kier alpha value is -1.55. The summed E-state index contributed by atoms with van der Waals surface area (Å²) < 4.78 is 12.9. The van der Waals surface area contributed by atoms with E-state index >= 15 is 0 Å². The number of thiophene rings is 1. The highest BCUT2D eigenvalue weighted by atomic mass is 32.1. The number of benzene rings is 1. The number of anilines is 2. The summed E-state index contributed by atoms with van der Waals surface area (Å²) in [4.78, 5) is 1.10. The normalized spacial score (nSPS) is 10.4. The Labute approximate surface area is 97.9 Å². The van der Waals surface area contributed by atoms with Gasteiger partial charge >= 0.3 is 0 Å². The molecule has 0 amide bonds. The molecule has 4 heteroatoms. The topological polar surface area (TPSA) is 38.0 Å². The van der Waals surface area contributed by atoms with Gasteiger partial charge < -0.3 is 11.1 Å². The molecule has 3 N–H and O–H groups in total. The van der Waals surface area contributed by atoms with Crippen LogP contribution in [0.15, 0.2) is 29.6 Å². The first-order chi connectivity index (χ1) is 7.66. The minimum atomic E-state index is -0.210. The number of halogens is 1. The fraction of sp³-hybridized carbons (Fsp3) is 0.167. The van der Waals surface area contributed by atoms with Gasteiger partial charge in [-0.3, -0.25) is 0 Å². The van der Waals surface area contributed by atoms with Crippen molar-refractivity contribution in [3.8, 4) is 0 Å². The van der Waals surface area contributed by atoms with Crippen molar-refractivity contribution in [1.29, 1.82) is 0 Å². The maximum atomic E-state index is 12.9. The van der Waals surface area contributed by atoms with E-state index in [1.54, 1.807) is 17.4 Å². The van der Waals surface area contributed by atoms with Crippen molar-refractivity contribution < 1.29 is 4.39 Å². The predicted molar refractivity (Wildman–Crippen MR) is 67.2 cm³/mol. The quantitative estimate of drug-likeness (QED) is 0.857. The Balaban J connectivity index is 2.08. The zero-order valence-electron chi connectivity index (χ0n) is 8.96. The summed E-state index contributed by atoms with van der Waals surface area (Å²) in [5, 5.41) is 5.21. The van der Waals surface area contributed by atoms with E-state index in [9.17, 15) is 4.39 Å². The van der Waals surface area contributed by atoms with Crippen molar-refractivity contribution in [2.24, 2.45) is 0 Å². The molecule has 2 rings (SSSR count). The zero-order valence-corrected chi connectivity index (χ0v) is 9.77. The lowest BCUT2D eigenvalue weighted by atomic mass is 10.2. The minimum absolute atomic E-state index is 0.210. The summed E-state index contributed by atoms with van der Waals surface area (Å²) >= 11 is 1.62. The highest BCUT2D eigenvalue weighted by Crippen LogP contribution is 2.22. The van der Waals surface area contributed by atoms with E-state index in [0.717, 1.165) is 21.8 Å². The van der Waals surface area contributed by atoms with Crippen LogP contribution in [0.3, 0.4) is 0 Å². The van der Waals surface area contributed by atoms with Crippen LogP contribution in [0.4, 0.5) is 15.8 Å². The minimum Gasteiger partial charge on any atom is -0.398 e. The molecule has 2 nitrogen and oxygen atoms in total. The molecule has 1 aromatic carbocycles.